The molecule has 9 nitrogen and oxygen atoms in total. The highest BCUT2D eigenvalue weighted by Crippen LogP contribution is 2.26. The number of aromatic nitrogens is 2. The van der Waals surface area contributed by atoms with Gasteiger partial charge in [-0.3, -0.25) is 25.1 Å². The van der Waals surface area contributed by atoms with Gasteiger partial charge >= 0.3 is 0 Å². The SMILES string of the molecule is CC1C=Cc2c(nc(NC(=O)c3cccc([N+](=O)[O-])c3)n2CCN2CCOCC2)C1. The number of hydrogen-bond acceptors (Lipinski definition) is 6. The van der Waals surface area contributed by atoms with E-state index < -0.39 is 10.8 Å². The molecule has 1 aromatic carbocycles. The van der Waals surface area contributed by atoms with Crippen molar-refractivity contribution in [3.05, 3.63) is 57.4 Å². The molecule has 1 amide bonds. The van der Waals surface area contributed by atoms with Gasteiger partial charge in [0.15, 0.2) is 0 Å². The van der Waals surface area contributed by atoms with Crippen LogP contribution < -0.4 is 5.32 Å². The summed E-state index contributed by atoms with van der Waals surface area (Å²) in [5.41, 5.74) is 2.08. The van der Waals surface area contributed by atoms with Crippen LogP contribution in [-0.2, 0) is 17.7 Å². The van der Waals surface area contributed by atoms with Gasteiger partial charge in [-0.1, -0.05) is 19.1 Å². The van der Waals surface area contributed by atoms with Gasteiger partial charge in [0.25, 0.3) is 11.6 Å². The van der Waals surface area contributed by atoms with Crippen LogP contribution in [0, 0.1) is 16.0 Å². The number of benzene rings is 1. The van der Waals surface area contributed by atoms with Crippen LogP contribution in [0.1, 0.15) is 28.7 Å². The van der Waals surface area contributed by atoms with Crippen molar-refractivity contribution in [2.45, 2.75) is 19.9 Å². The number of nitro benzene ring substituents is 1. The van der Waals surface area contributed by atoms with E-state index in [1.807, 2.05) is 4.57 Å². The largest absolute Gasteiger partial charge is 0.379 e. The van der Waals surface area contributed by atoms with Crippen molar-refractivity contribution in [2.24, 2.45) is 5.92 Å². The quantitative estimate of drug-likeness (QED) is 0.579. The van der Waals surface area contributed by atoms with Gasteiger partial charge in [-0.25, -0.2) is 4.98 Å². The average Bonchev–Trinajstić information content (AvgIpc) is 3.08. The number of morpholine rings is 1. The van der Waals surface area contributed by atoms with Crippen LogP contribution in [0.4, 0.5) is 11.6 Å². The fourth-order valence-corrected chi connectivity index (χ4v) is 3.80. The first kappa shape index (κ1) is 20.2. The lowest BCUT2D eigenvalue weighted by molar-refractivity contribution is -0.384. The molecule has 30 heavy (non-hydrogen) atoms. The predicted molar refractivity (Wildman–Crippen MR) is 112 cm³/mol. The number of carbonyl (C=O) groups excluding carboxylic acids is 1. The molecule has 1 aromatic heterocycles. The summed E-state index contributed by atoms with van der Waals surface area (Å²) in [7, 11) is 0. The van der Waals surface area contributed by atoms with Crippen molar-refractivity contribution in [3.8, 4) is 0 Å². The minimum Gasteiger partial charge on any atom is -0.379 e. The summed E-state index contributed by atoms with van der Waals surface area (Å²) in [4.78, 5) is 30.3. The maximum Gasteiger partial charge on any atom is 0.270 e. The van der Waals surface area contributed by atoms with Crippen LogP contribution in [0.3, 0.4) is 0 Å². The maximum atomic E-state index is 12.8. The monoisotopic (exact) mass is 411 g/mol. The zero-order valence-electron chi connectivity index (χ0n) is 16.9. The number of imidazole rings is 1. The van der Waals surface area contributed by atoms with Crippen LogP contribution in [0.2, 0.25) is 0 Å². The maximum absolute atomic E-state index is 12.8. The summed E-state index contributed by atoms with van der Waals surface area (Å²) < 4.78 is 7.44. The third kappa shape index (κ3) is 4.42. The second-order valence-corrected chi connectivity index (χ2v) is 7.68. The number of nitrogens with one attached hydrogen (secondary N) is 1. The Morgan fingerprint density at radius 3 is 2.90 bits per heavy atom. The summed E-state index contributed by atoms with van der Waals surface area (Å²) in [6, 6.07) is 5.71. The summed E-state index contributed by atoms with van der Waals surface area (Å²) in [6.45, 7) is 6.89. The van der Waals surface area contributed by atoms with Crippen molar-refractivity contribution in [1.82, 2.24) is 14.5 Å². The first-order chi connectivity index (χ1) is 14.5. The third-order valence-electron chi connectivity index (χ3n) is 5.47. The fourth-order valence-electron chi connectivity index (χ4n) is 3.80. The number of non-ortho nitro benzene ring substituents is 1. The van der Waals surface area contributed by atoms with E-state index in [1.165, 1.54) is 18.2 Å². The molecule has 0 saturated carbocycles. The van der Waals surface area contributed by atoms with Gasteiger partial charge in [0, 0.05) is 43.9 Å². The first-order valence-corrected chi connectivity index (χ1v) is 10.1. The number of nitrogens with zero attached hydrogens (tertiary/aromatic N) is 4. The molecule has 1 fully saturated rings. The van der Waals surface area contributed by atoms with Gasteiger partial charge in [0.05, 0.1) is 29.5 Å². The van der Waals surface area contributed by atoms with Crippen molar-refractivity contribution in [2.75, 3.05) is 38.2 Å². The second kappa shape index (κ2) is 8.76. The number of amides is 1. The highest BCUT2D eigenvalue weighted by molar-refractivity contribution is 6.03. The Labute approximate surface area is 174 Å². The normalized spacial score (nSPS) is 18.8. The van der Waals surface area contributed by atoms with Crippen LogP contribution in [0.25, 0.3) is 6.08 Å². The molecule has 0 radical (unpaired) electrons. The number of ether oxygens (including phenoxy) is 1. The van der Waals surface area contributed by atoms with Gasteiger partial charge in [-0.05, 0) is 24.5 Å². The molecule has 2 aliphatic rings. The Bertz CT molecular complexity index is 978. The van der Waals surface area contributed by atoms with Crippen LogP contribution in [-0.4, -0.2) is 58.1 Å². The zero-order valence-corrected chi connectivity index (χ0v) is 16.9. The van der Waals surface area contributed by atoms with Gasteiger partial charge in [-0.2, -0.15) is 0 Å². The van der Waals surface area contributed by atoms with E-state index in [9.17, 15) is 14.9 Å². The van der Waals surface area contributed by atoms with E-state index in [4.69, 9.17) is 9.72 Å². The molecule has 0 bridgehead atoms. The lowest BCUT2D eigenvalue weighted by atomic mass is 9.98. The highest BCUT2D eigenvalue weighted by Gasteiger charge is 2.22. The Hall–Kier alpha value is -3.04. The van der Waals surface area contributed by atoms with E-state index in [2.05, 4.69) is 29.3 Å². The number of fused-ring (bicyclic) bond motifs is 1. The van der Waals surface area contributed by atoms with Crippen molar-refractivity contribution in [1.29, 1.82) is 0 Å². The van der Waals surface area contributed by atoms with Gasteiger partial charge in [-0.15, -0.1) is 0 Å². The van der Waals surface area contributed by atoms with Crippen molar-refractivity contribution >= 4 is 23.6 Å². The minimum atomic E-state index is -0.509. The second-order valence-electron chi connectivity index (χ2n) is 7.68. The molecule has 1 aliphatic heterocycles. The van der Waals surface area contributed by atoms with Gasteiger partial charge in [0.2, 0.25) is 5.95 Å². The smallest absolute Gasteiger partial charge is 0.270 e. The summed E-state index contributed by atoms with van der Waals surface area (Å²) >= 11 is 0. The third-order valence-corrected chi connectivity index (χ3v) is 5.47. The molecular weight excluding hydrogens is 386 g/mol. The molecule has 4 rings (SSSR count). The lowest BCUT2D eigenvalue weighted by Gasteiger charge is -2.27. The van der Waals surface area contributed by atoms with E-state index in [-0.39, 0.29) is 11.3 Å². The number of rotatable bonds is 6. The molecule has 2 heterocycles. The first-order valence-electron chi connectivity index (χ1n) is 10.1. The lowest BCUT2D eigenvalue weighted by Crippen LogP contribution is -2.38. The molecule has 1 atom stereocenters. The zero-order chi connectivity index (χ0) is 21.1. The molecule has 158 valence electrons. The molecule has 1 aliphatic carbocycles. The van der Waals surface area contributed by atoms with Crippen molar-refractivity contribution < 1.29 is 14.5 Å². The topological polar surface area (TPSA) is 103 Å². The van der Waals surface area contributed by atoms with E-state index in [1.54, 1.807) is 6.07 Å². The number of anilines is 1. The van der Waals surface area contributed by atoms with E-state index in [0.29, 0.717) is 18.4 Å². The summed E-state index contributed by atoms with van der Waals surface area (Å²) in [6.07, 6.45) is 5.04. The summed E-state index contributed by atoms with van der Waals surface area (Å²) in [5, 5.41) is 13.9. The van der Waals surface area contributed by atoms with Gasteiger partial charge < -0.3 is 9.30 Å². The van der Waals surface area contributed by atoms with E-state index >= 15 is 0 Å². The Kier molecular flexibility index (Phi) is 5.91. The minimum absolute atomic E-state index is 0.116. The summed E-state index contributed by atoms with van der Waals surface area (Å²) in [5.74, 6) is 0.453. The molecule has 1 saturated heterocycles. The average molecular weight is 411 g/mol. The Morgan fingerprint density at radius 2 is 2.13 bits per heavy atom. The Morgan fingerprint density at radius 1 is 1.33 bits per heavy atom. The molecule has 1 N–H and O–H groups in total. The Balaban J connectivity index is 1.57. The molecule has 9 heteroatoms. The predicted octanol–water partition coefficient (Wildman–Crippen LogP) is 2.58. The standard InChI is InChI=1S/C21H25N5O4/c1-15-5-6-19-18(13-15)22-21(25(19)8-7-24-9-11-30-12-10-24)23-20(27)16-3-2-4-17(14-16)26(28)29/h2-6,14-15H,7-13H2,1H3,(H,22,23,27). The van der Waals surface area contributed by atoms with Crippen molar-refractivity contribution in [3.63, 3.8) is 0 Å². The van der Waals surface area contributed by atoms with Crippen LogP contribution >= 0.6 is 0 Å². The van der Waals surface area contributed by atoms with Gasteiger partial charge in [0.1, 0.15) is 0 Å². The van der Waals surface area contributed by atoms with Crippen LogP contribution in [0.15, 0.2) is 30.3 Å². The van der Waals surface area contributed by atoms with Crippen LogP contribution in [0.5, 0.6) is 0 Å². The molecule has 2 aromatic rings. The highest BCUT2D eigenvalue weighted by atomic mass is 16.6. The number of nitro groups is 1. The number of hydrogen-bond donors (Lipinski definition) is 1. The molecular formula is C21H25N5O4. The molecule has 1 unspecified atom stereocenters. The fraction of sp³-hybridized carbons (Fsp3) is 0.429. The number of carbonyl (C=O) groups is 1. The number of allylic oxidation sites excluding steroid dienone is 1. The molecule has 0 spiro atoms. The van der Waals surface area contributed by atoms with E-state index in [0.717, 1.165) is 50.7 Å².